The quantitative estimate of drug-likeness (QED) is 0.443. The highest BCUT2D eigenvalue weighted by Crippen LogP contribution is 1.89. The molecule has 12 heavy (non-hydrogen) atoms. The van der Waals surface area contributed by atoms with E-state index in [-0.39, 0.29) is 0 Å². The van der Waals surface area contributed by atoms with Gasteiger partial charge in [-0.05, 0) is 26.0 Å². The minimum Gasteiger partial charge on any atom is -0.265 e. The summed E-state index contributed by atoms with van der Waals surface area (Å²) in [7, 11) is 0. The van der Waals surface area contributed by atoms with Crippen LogP contribution < -0.4 is 0 Å². The van der Waals surface area contributed by atoms with Crippen LogP contribution >= 0.6 is 0 Å². The van der Waals surface area contributed by atoms with Crippen LogP contribution in [0.3, 0.4) is 0 Å². The Morgan fingerprint density at radius 2 is 2.08 bits per heavy atom. The molecule has 1 nitrogen and oxygen atoms in total. The molecule has 0 saturated heterocycles. The van der Waals surface area contributed by atoms with Gasteiger partial charge in [-0.1, -0.05) is 30.4 Å². The molecule has 0 rings (SSSR count). The van der Waals surface area contributed by atoms with Gasteiger partial charge < -0.3 is 0 Å². The van der Waals surface area contributed by atoms with E-state index in [9.17, 15) is 0 Å². The topological polar surface area (TPSA) is 12.4 Å². The Morgan fingerprint density at radius 1 is 1.33 bits per heavy atom. The second-order valence-electron chi connectivity index (χ2n) is 2.28. The van der Waals surface area contributed by atoms with Gasteiger partial charge in [-0.15, -0.1) is 0 Å². The molecule has 0 aromatic rings. The molecule has 0 fully saturated rings. The first-order valence-corrected chi connectivity index (χ1v) is 3.91. The Morgan fingerprint density at radius 3 is 2.67 bits per heavy atom. The van der Waals surface area contributed by atoms with Crippen molar-refractivity contribution in [2.75, 3.05) is 0 Å². The molecule has 0 N–H and O–H groups in total. The SMILES string of the molecule is C=C/C(C)=C/C=N/C=C/C=C/C. The van der Waals surface area contributed by atoms with Crippen LogP contribution in [-0.4, -0.2) is 6.21 Å². The third-order valence-electron chi connectivity index (χ3n) is 1.22. The molecule has 0 bridgehead atoms. The summed E-state index contributed by atoms with van der Waals surface area (Å²) >= 11 is 0. The average molecular weight is 161 g/mol. The van der Waals surface area contributed by atoms with Crippen LogP contribution in [0.15, 0.2) is 53.7 Å². The largest absolute Gasteiger partial charge is 0.265 e. The zero-order chi connectivity index (χ0) is 9.23. The van der Waals surface area contributed by atoms with Crippen molar-refractivity contribution in [1.82, 2.24) is 0 Å². The van der Waals surface area contributed by atoms with Crippen molar-refractivity contribution < 1.29 is 0 Å². The van der Waals surface area contributed by atoms with E-state index in [1.54, 1.807) is 18.5 Å². The van der Waals surface area contributed by atoms with E-state index in [0.717, 1.165) is 5.57 Å². The maximum atomic E-state index is 4.02. The monoisotopic (exact) mass is 161 g/mol. The lowest BCUT2D eigenvalue weighted by atomic mass is 10.3. The Bertz CT molecular complexity index is 229. The van der Waals surface area contributed by atoms with Gasteiger partial charge in [0, 0.05) is 12.4 Å². The molecule has 0 amide bonds. The molecule has 64 valence electrons. The van der Waals surface area contributed by atoms with Crippen LogP contribution in [0.25, 0.3) is 0 Å². The van der Waals surface area contributed by atoms with Crippen molar-refractivity contribution in [3.05, 3.63) is 48.7 Å². The van der Waals surface area contributed by atoms with Gasteiger partial charge >= 0.3 is 0 Å². The van der Waals surface area contributed by atoms with E-state index in [2.05, 4.69) is 11.6 Å². The molecule has 0 aliphatic heterocycles. The van der Waals surface area contributed by atoms with Gasteiger partial charge in [-0.2, -0.15) is 0 Å². The molecule has 0 aliphatic carbocycles. The highest BCUT2D eigenvalue weighted by atomic mass is 14.6. The van der Waals surface area contributed by atoms with E-state index in [1.165, 1.54) is 0 Å². The number of hydrogen-bond donors (Lipinski definition) is 0. The lowest BCUT2D eigenvalue weighted by molar-refractivity contribution is 1.53. The van der Waals surface area contributed by atoms with Crippen LogP contribution in [0.4, 0.5) is 0 Å². The highest BCUT2D eigenvalue weighted by Gasteiger charge is 1.72. The minimum atomic E-state index is 1.11. The molecule has 0 saturated carbocycles. The zero-order valence-corrected chi connectivity index (χ0v) is 7.70. The van der Waals surface area contributed by atoms with Gasteiger partial charge in [0.15, 0.2) is 0 Å². The fraction of sp³-hybridized carbons (Fsp3) is 0.182. The van der Waals surface area contributed by atoms with Crippen molar-refractivity contribution in [3.63, 3.8) is 0 Å². The number of allylic oxidation sites excluding steroid dienone is 6. The van der Waals surface area contributed by atoms with E-state index in [0.29, 0.717) is 0 Å². The maximum Gasteiger partial charge on any atom is 0.0270 e. The fourth-order valence-electron chi connectivity index (χ4n) is 0.489. The average Bonchev–Trinajstić information content (AvgIpc) is 2.10. The fourth-order valence-corrected chi connectivity index (χ4v) is 0.489. The summed E-state index contributed by atoms with van der Waals surface area (Å²) in [5, 5.41) is 0. The first-order chi connectivity index (χ1) is 5.81. The van der Waals surface area contributed by atoms with Crippen molar-refractivity contribution in [2.45, 2.75) is 13.8 Å². The second-order valence-corrected chi connectivity index (χ2v) is 2.28. The standard InChI is InChI=1S/C11H15N/c1-4-6-7-9-12-10-8-11(3)5-2/h4-10H,2H2,1,3H3/b6-4+,9-7+,11-8+,12-10+. The lowest BCUT2D eigenvalue weighted by Crippen LogP contribution is -1.67. The number of nitrogens with zero attached hydrogens (tertiary/aromatic N) is 1. The lowest BCUT2D eigenvalue weighted by Gasteiger charge is -1.82. The first kappa shape index (κ1) is 10.6. The number of aliphatic imine (C=N–C) groups is 1. The van der Waals surface area contributed by atoms with Gasteiger partial charge in [0.25, 0.3) is 0 Å². The van der Waals surface area contributed by atoms with Crippen LogP contribution in [0.2, 0.25) is 0 Å². The van der Waals surface area contributed by atoms with Gasteiger partial charge in [-0.25, -0.2) is 0 Å². The second kappa shape index (κ2) is 7.73. The highest BCUT2D eigenvalue weighted by molar-refractivity contribution is 5.73. The molecule has 0 spiro atoms. The Hall–Kier alpha value is -1.37. The maximum absolute atomic E-state index is 4.02. The molecular formula is C11H15N. The van der Waals surface area contributed by atoms with Crippen LogP contribution in [0.1, 0.15) is 13.8 Å². The van der Waals surface area contributed by atoms with Crippen LogP contribution in [0.5, 0.6) is 0 Å². The van der Waals surface area contributed by atoms with Gasteiger partial charge in [0.2, 0.25) is 0 Å². The minimum absolute atomic E-state index is 1.11. The molecule has 0 aliphatic rings. The van der Waals surface area contributed by atoms with Crippen molar-refractivity contribution in [1.29, 1.82) is 0 Å². The molecule has 0 radical (unpaired) electrons. The Kier molecular flexibility index (Phi) is 6.85. The molecular weight excluding hydrogens is 146 g/mol. The molecule has 0 aromatic carbocycles. The molecule has 0 heterocycles. The van der Waals surface area contributed by atoms with E-state index >= 15 is 0 Å². The molecule has 1 heteroatoms. The normalized spacial score (nSPS) is 13.7. The predicted molar refractivity (Wildman–Crippen MR) is 56.4 cm³/mol. The summed E-state index contributed by atoms with van der Waals surface area (Å²) in [4.78, 5) is 4.02. The first-order valence-electron chi connectivity index (χ1n) is 3.91. The summed E-state index contributed by atoms with van der Waals surface area (Å²) in [5.74, 6) is 0. The smallest absolute Gasteiger partial charge is 0.0270 e. The van der Waals surface area contributed by atoms with E-state index in [1.807, 2.05) is 38.2 Å². The van der Waals surface area contributed by atoms with E-state index < -0.39 is 0 Å². The third-order valence-corrected chi connectivity index (χ3v) is 1.22. The molecule has 0 unspecified atom stereocenters. The number of hydrogen-bond acceptors (Lipinski definition) is 1. The Labute approximate surface area is 74.5 Å². The predicted octanol–water partition coefficient (Wildman–Crippen LogP) is 3.28. The molecule has 0 aromatic heterocycles. The summed E-state index contributed by atoms with van der Waals surface area (Å²) in [6.07, 6.45) is 13.0. The Balaban J connectivity index is 3.85. The van der Waals surface area contributed by atoms with Crippen LogP contribution in [-0.2, 0) is 0 Å². The summed E-state index contributed by atoms with van der Waals surface area (Å²) in [6.45, 7) is 7.58. The van der Waals surface area contributed by atoms with Gasteiger partial charge in [-0.3, -0.25) is 4.99 Å². The van der Waals surface area contributed by atoms with E-state index in [4.69, 9.17) is 0 Å². The summed E-state index contributed by atoms with van der Waals surface area (Å²) in [6, 6.07) is 0. The van der Waals surface area contributed by atoms with Crippen molar-refractivity contribution in [2.24, 2.45) is 4.99 Å². The third kappa shape index (κ3) is 6.75. The molecule has 0 atom stereocenters. The summed E-state index contributed by atoms with van der Waals surface area (Å²) in [5.41, 5.74) is 1.11. The van der Waals surface area contributed by atoms with Crippen molar-refractivity contribution >= 4 is 6.21 Å². The summed E-state index contributed by atoms with van der Waals surface area (Å²) < 4.78 is 0. The van der Waals surface area contributed by atoms with Gasteiger partial charge in [0.05, 0.1) is 0 Å². The van der Waals surface area contributed by atoms with Gasteiger partial charge in [0.1, 0.15) is 0 Å². The van der Waals surface area contributed by atoms with Crippen molar-refractivity contribution in [3.8, 4) is 0 Å². The number of rotatable bonds is 4. The zero-order valence-electron chi connectivity index (χ0n) is 7.70. The van der Waals surface area contributed by atoms with Crippen LogP contribution in [0, 0.1) is 0 Å².